The van der Waals surface area contributed by atoms with Crippen molar-refractivity contribution in [3.8, 4) is 0 Å². The summed E-state index contributed by atoms with van der Waals surface area (Å²) in [6, 6.07) is 0. The van der Waals surface area contributed by atoms with Crippen LogP contribution in [-0.4, -0.2) is 11.8 Å². The minimum absolute atomic E-state index is 0.131. The summed E-state index contributed by atoms with van der Waals surface area (Å²) >= 11 is 0. The van der Waals surface area contributed by atoms with Gasteiger partial charge < -0.3 is 5.73 Å². The van der Waals surface area contributed by atoms with Crippen LogP contribution in [0.25, 0.3) is 0 Å². The van der Waals surface area contributed by atoms with E-state index in [0.717, 1.165) is 32.0 Å². The lowest BCUT2D eigenvalue weighted by Crippen LogP contribution is -2.54. The number of carbonyl (C=O) groups is 1. The Morgan fingerprint density at radius 3 is 2.50 bits per heavy atom. The van der Waals surface area contributed by atoms with Crippen molar-refractivity contribution in [1.82, 2.24) is 0 Å². The van der Waals surface area contributed by atoms with E-state index in [1.807, 2.05) is 0 Å². The van der Waals surface area contributed by atoms with Crippen molar-refractivity contribution in [3.63, 3.8) is 0 Å². The van der Waals surface area contributed by atoms with E-state index in [-0.39, 0.29) is 16.4 Å². The van der Waals surface area contributed by atoms with Crippen molar-refractivity contribution in [2.75, 3.05) is 0 Å². The molecule has 0 amide bonds. The number of nitrogens with two attached hydrogens (primary N) is 1. The molecule has 2 saturated carbocycles. The maximum Gasteiger partial charge on any atom is 0.142 e. The molecule has 2 aliphatic carbocycles. The highest BCUT2D eigenvalue weighted by atomic mass is 16.1. The van der Waals surface area contributed by atoms with Gasteiger partial charge in [0, 0.05) is 11.0 Å². The molecule has 134 valence electrons. The van der Waals surface area contributed by atoms with Gasteiger partial charge in [0.2, 0.25) is 0 Å². The third-order valence-electron chi connectivity index (χ3n) is 6.97. The van der Waals surface area contributed by atoms with E-state index in [0.29, 0.717) is 5.92 Å². The molecule has 0 aliphatic heterocycles. The maximum atomic E-state index is 11.2. The largest absolute Gasteiger partial charge is 0.325 e. The van der Waals surface area contributed by atoms with Crippen molar-refractivity contribution in [3.05, 3.63) is 36.0 Å². The maximum absolute atomic E-state index is 11.2. The lowest BCUT2D eigenvalue weighted by molar-refractivity contribution is -0.104. The van der Waals surface area contributed by atoms with Crippen LogP contribution in [0, 0.1) is 16.7 Å². The fourth-order valence-electron chi connectivity index (χ4n) is 5.24. The Kier molecular flexibility index (Phi) is 5.59. The molecular weight excluding hydrogens is 294 g/mol. The highest BCUT2D eigenvalue weighted by Gasteiger charge is 2.48. The van der Waals surface area contributed by atoms with Crippen LogP contribution in [0.2, 0.25) is 0 Å². The molecule has 4 atom stereocenters. The predicted molar refractivity (Wildman–Crippen MR) is 103 cm³/mol. The summed E-state index contributed by atoms with van der Waals surface area (Å²) in [6.07, 6.45) is 14.9. The zero-order valence-electron chi connectivity index (χ0n) is 16.0. The van der Waals surface area contributed by atoms with Crippen LogP contribution < -0.4 is 5.73 Å². The van der Waals surface area contributed by atoms with Gasteiger partial charge in [-0.2, -0.15) is 0 Å². The second-order valence-electron chi connectivity index (χ2n) is 8.73. The van der Waals surface area contributed by atoms with E-state index < -0.39 is 0 Å². The third-order valence-corrected chi connectivity index (χ3v) is 6.97. The molecule has 0 spiro atoms. The van der Waals surface area contributed by atoms with E-state index in [1.54, 1.807) is 6.08 Å². The topological polar surface area (TPSA) is 43.1 Å². The van der Waals surface area contributed by atoms with Gasteiger partial charge in [-0.1, -0.05) is 43.7 Å². The van der Waals surface area contributed by atoms with Crippen molar-refractivity contribution >= 4 is 6.29 Å². The molecule has 0 aromatic heterocycles. The standard InChI is InChI=1S/C22H35NO/c1-6-12-21(4)18(11-16-24)9-15-22(5,23)19(21)10-14-20(3)13-7-8-17(20)2/h6,11-12,16,19H,2,7-10,13-15,23H2,1,3-5H3/b12-6-,18-11-. The molecule has 2 aliphatic rings. The number of hydrogen-bond acceptors (Lipinski definition) is 2. The molecule has 0 radical (unpaired) electrons. The fourth-order valence-corrected chi connectivity index (χ4v) is 5.24. The van der Waals surface area contributed by atoms with E-state index in [1.165, 1.54) is 30.4 Å². The lowest BCUT2D eigenvalue weighted by atomic mass is 9.55. The number of rotatable bonds is 5. The molecule has 24 heavy (non-hydrogen) atoms. The van der Waals surface area contributed by atoms with Gasteiger partial charge in [-0.15, -0.1) is 0 Å². The van der Waals surface area contributed by atoms with Crippen LogP contribution in [0.3, 0.4) is 0 Å². The first-order valence-electron chi connectivity index (χ1n) is 9.45. The van der Waals surface area contributed by atoms with Gasteiger partial charge in [0.05, 0.1) is 0 Å². The molecule has 2 fully saturated rings. The van der Waals surface area contributed by atoms with Gasteiger partial charge >= 0.3 is 0 Å². The zero-order valence-corrected chi connectivity index (χ0v) is 16.0. The van der Waals surface area contributed by atoms with Crippen molar-refractivity contribution in [2.24, 2.45) is 22.5 Å². The minimum Gasteiger partial charge on any atom is -0.325 e. The summed E-state index contributed by atoms with van der Waals surface area (Å²) < 4.78 is 0. The summed E-state index contributed by atoms with van der Waals surface area (Å²) in [5.74, 6) is 0.339. The molecule has 4 unspecified atom stereocenters. The molecule has 2 rings (SSSR count). The highest BCUT2D eigenvalue weighted by Crippen LogP contribution is 2.54. The molecule has 0 aromatic carbocycles. The Hall–Kier alpha value is -1.15. The van der Waals surface area contributed by atoms with Gasteiger partial charge in [-0.25, -0.2) is 0 Å². The summed E-state index contributed by atoms with van der Waals surface area (Å²) in [5, 5.41) is 0. The molecule has 2 nitrogen and oxygen atoms in total. The van der Waals surface area contributed by atoms with Gasteiger partial charge in [0.1, 0.15) is 6.29 Å². The zero-order chi connectivity index (χ0) is 18.0. The third kappa shape index (κ3) is 3.44. The number of allylic oxidation sites excluding steroid dienone is 5. The normalized spacial score (nSPS) is 42.1. The van der Waals surface area contributed by atoms with Crippen molar-refractivity contribution in [1.29, 1.82) is 0 Å². The van der Waals surface area contributed by atoms with Gasteiger partial charge in [-0.05, 0) is 76.2 Å². The van der Waals surface area contributed by atoms with Crippen molar-refractivity contribution < 1.29 is 4.79 Å². The first-order chi connectivity index (χ1) is 11.2. The number of aldehydes is 1. The van der Waals surface area contributed by atoms with Crippen LogP contribution in [0.5, 0.6) is 0 Å². The van der Waals surface area contributed by atoms with Crippen LogP contribution in [0.15, 0.2) is 36.0 Å². The van der Waals surface area contributed by atoms with E-state index >= 15 is 0 Å². The molecule has 0 heterocycles. The van der Waals surface area contributed by atoms with E-state index in [2.05, 4.69) is 46.4 Å². The molecular formula is C22H35NO. The van der Waals surface area contributed by atoms with Crippen LogP contribution in [-0.2, 0) is 4.79 Å². The fraction of sp³-hybridized carbons (Fsp3) is 0.682. The SMILES string of the molecule is C=C1CCCC1(C)CCC1C(C)(N)CC/C(=C/C=O)C1(C)/C=C\C. The summed E-state index contributed by atoms with van der Waals surface area (Å²) in [6.45, 7) is 13.2. The lowest BCUT2D eigenvalue weighted by Gasteiger charge is -2.52. The number of hydrogen-bond donors (Lipinski definition) is 1. The van der Waals surface area contributed by atoms with Crippen LogP contribution >= 0.6 is 0 Å². The first kappa shape index (κ1) is 19.2. The smallest absolute Gasteiger partial charge is 0.142 e. The molecule has 0 aromatic rings. The van der Waals surface area contributed by atoms with E-state index in [4.69, 9.17) is 5.73 Å². The average Bonchev–Trinajstić information content (AvgIpc) is 2.82. The Balaban J connectivity index is 2.32. The second-order valence-corrected chi connectivity index (χ2v) is 8.73. The van der Waals surface area contributed by atoms with Gasteiger partial charge in [0.25, 0.3) is 0 Å². The molecule has 2 heteroatoms. The predicted octanol–water partition coefficient (Wildman–Crippen LogP) is 5.35. The minimum atomic E-state index is -0.204. The Morgan fingerprint density at radius 1 is 1.25 bits per heavy atom. The van der Waals surface area contributed by atoms with Crippen LogP contribution in [0.1, 0.15) is 72.6 Å². The Labute approximate surface area is 148 Å². The summed E-state index contributed by atoms with van der Waals surface area (Å²) in [4.78, 5) is 11.2. The van der Waals surface area contributed by atoms with Gasteiger partial charge in [0.15, 0.2) is 0 Å². The van der Waals surface area contributed by atoms with E-state index in [9.17, 15) is 4.79 Å². The molecule has 2 N–H and O–H groups in total. The summed E-state index contributed by atoms with van der Waals surface area (Å²) in [7, 11) is 0. The molecule has 0 bridgehead atoms. The first-order valence-corrected chi connectivity index (χ1v) is 9.45. The molecule has 0 saturated heterocycles. The quantitative estimate of drug-likeness (QED) is 0.420. The highest BCUT2D eigenvalue weighted by molar-refractivity contribution is 5.67. The summed E-state index contributed by atoms with van der Waals surface area (Å²) in [5.41, 5.74) is 9.35. The Morgan fingerprint density at radius 2 is 1.96 bits per heavy atom. The van der Waals surface area contributed by atoms with Crippen molar-refractivity contribution in [2.45, 2.75) is 78.2 Å². The number of carbonyl (C=O) groups excluding carboxylic acids is 1. The average molecular weight is 330 g/mol. The second kappa shape index (κ2) is 7.00. The monoisotopic (exact) mass is 329 g/mol. The van der Waals surface area contributed by atoms with Gasteiger partial charge in [-0.3, -0.25) is 4.79 Å². The Bertz CT molecular complexity index is 556. The van der Waals surface area contributed by atoms with Crippen LogP contribution in [0.4, 0.5) is 0 Å².